The summed E-state index contributed by atoms with van der Waals surface area (Å²) in [6.07, 6.45) is 0. The average molecular weight is 379 g/mol. The van der Waals surface area contributed by atoms with Gasteiger partial charge in [-0.05, 0) is 34.5 Å². The first-order valence-corrected chi connectivity index (χ1v) is 8.10. The molecule has 3 aromatic rings. The Morgan fingerprint density at radius 3 is 2.58 bits per heavy atom. The molecule has 5 heteroatoms. The Balaban J connectivity index is 1.97. The number of nitrogens with one attached hydrogen (secondary N) is 1. The minimum absolute atomic E-state index is 0.406. The maximum Gasteiger partial charge on any atom is 0.265 e. The van der Waals surface area contributed by atoms with E-state index in [1.54, 1.807) is 18.2 Å². The molecule has 1 aliphatic heterocycles. The quantitative estimate of drug-likeness (QED) is 0.678. The third-order valence-corrected chi connectivity index (χ3v) is 4.95. The van der Waals surface area contributed by atoms with Gasteiger partial charge in [0.1, 0.15) is 0 Å². The molecule has 0 fully saturated rings. The lowest BCUT2D eigenvalue weighted by Gasteiger charge is -2.23. The zero-order chi connectivity index (χ0) is 16.9. The summed E-state index contributed by atoms with van der Waals surface area (Å²) in [5.41, 5.74) is -0.0264. The van der Waals surface area contributed by atoms with Crippen LogP contribution in [-0.2, 0) is 10.4 Å². The summed E-state index contributed by atoms with van der Waals surface area (Å²) < 4.78 is 0.519. The van der Waals surface area contributed by atoms with E-state index in [4.69, 9.17) is 5.26 Å². The number of anilines is 1. The number of hydrogen-bond donors (Lipinski definition) is 2. The molecule has 0 aromatic heterocycles. The molecule has 0 bridgehead atoms. The van der Waals surface area contributed by atoms with Crippen molar-refractivity contribution in [3.8, 4) is 6.07 Å². The molecule has 116 valence electrons. The normalized spacial score (nSPS) is 19.0. The second kappa shape index (κ2) is 5.17. The van der Waals surface area contributed by atoms with Gasteiger partial charge < -0.3 is 10.4 Å². The van der Waals surface area contributed by atoms with E-state index >= 15 is 0 Å². The van der Waals surface area contributed by atoms with E-state index in [-0.39, 0.29) is 0 Å². The summed E-state index contributed by atoms with van der Waals surface area (Å²) in [5.74, 6) is -0.524. The number of benzene rings is 3. The van der Waals surface area contributed by atoms with Crippen molar-refractivity contribution in [2.24, 2.45) is 0 Å². The number of aliphatic hydroxyl groups is 1. The van der Waals surface area contributed by atoms with Crippen molar-refractivity contribution in [3.63, 3.8) is 0 Å². The number of fused-ring (bicyclic) bond motifs is 2. The Morgan fingerprint density at radius 2 is 1.83 bits per heavy atom. The summed E-state index contributed by atoms with van der Waals surface area (Å²) in [7, 11) is 0. The maximum atomic E-state index is 12.6. The van der Waals surface area contributed by atoms with Crippen molar-refractivity contribution >= 4 is 38.3 Å². The summed E-state index contributed by atoms with van der Waals surface area (Å²) in [5, 5.41) is 25.0. The molecule has 1 unspecified atom stereocenters. The molecule has 0 radical (unpaired) electrons. The van der Waals surface area contributed by atoms with Gasteiger partial charge in [0, 0.05) is 10.0 Å². The zero-order valence-corrected chi connectivity index (χ0v) is 14.0. The number of carbonyl (C=O) groups is 1. The van der Waals surface area contributed by atoms with Gasteiger partial charge in [-0.15, -0.1) is 0 Å². The number of nitrogens with zero attached hydrogens (tertiary/aromatic N) is 1. The highest BCUT2D eigenvalue weighted by Crippen LogP contribution is 2.45. The van der Waals surface area contributed by atoms with Crippen LogP contribution in [-0.4, -0.2) is 11.0 Å². The Kier molecular flexibility index (Phi) is 3.20. The highest BCUT2D eigenvalue weighted by molar-refractivity contribution is 9.10. The lowest BCUT2D eigenvalue weighted by Crippen LogP contribution is -2.35. The van der Waals surface area contributed by atoms with Crippen LogP contribution in [0.4, 0.5) is 5.69 Å². The van der Waals surface area contributed by atoms with Crippen molar-refractivity contribution in [1.29, 1.82) is 5.26 Å². The third-order valence-electron chi connectivity index (χ3n) is 4.33. The first-order valence-electron chi connectivity index (χ1n) is 7.31. The molecular formula is C19H11BrN2O2. The van der Waals surface area contributed by atoms with E-state index in [9.17, 15) is 9.90 Å². The molecule has 1 atom stereocenters. The molecule has 1 amide bonds. The molecular weight excluding hydrogens is 368 g/mol. The number of halogens is 1. The average Bonchev–Trinajstić information content (AvgIpc) is 2.86. The highest BCUT2D eigenvalue weighted by Gasteiger charge is 2.48. The molecule has 3 aromatic carbocycles. The van der Waals surface area contributed by atoms with Gasteiger partial charge in [-0.3, -0.25) is 4.79 Å². The van der Waals surface area contributed by atoms with Crippen LogP contribution in [0.15, 0.2) is 59.1 Å². The van der Waals surface area contributed by atoms with Crippen molar-refractivity contribution < 1.29 is 9.90 Å². The molecule has 1 heterocycles. The van der Waals surface area contributed by atoms with Crippen LogP contribution in [0.1, 0.15) is 16.7 Å². The molecule has 0 spiro atoms. The minimum atomic E-state index is -1.80. The van der Waals surface area contributed by atoms with Gasteiger partial charge >= 0.3 is 0 Å². The SMILES string of the molecule is N#Cc1cc(Br)c2c(c1)NC(=O)C2(O)c1ccc2ccccc2c1. The Hall–Kier alpha value is -2.68. The number of carbonyl (C=O) groups excluding carboxylic acids is 1. The topological polar surface area (TPSA) is 73.1 Å². The van der Waals surface area contributed by atoms with Gasteiger partial charge in [0.2, 0.25) is 0 Å². The standard InChI is InChI=1S/C19H11BrN2O2/c20-15-7-11(10-21)8-16-17(15)19(24,18(23)22-16)14-6-5-12-3-1-2-4-13(12)9-14/h1-9,24H,(H,22,23). The van der Waals surface area contributed by atoms with Crippen LogP contribution in [0.2, 0.25) is 0 Å². The van der Waals surface area contributed by atoms with E-state index in [1.807, 2.05) is 42.5 Å². The molecule has 0 aliphatic carbocycles. The lowest BCUT2D eigenvalue weighted by atomic mass is 9.86. The van der Waals surface area contributed by atoms with E-state index in [0.717, 1.165) is 10.8 Å². The zero-order valence-electron chi connectivity index (χ0n) is 12.4. The van der Waals surface area contributed by atoms with E-state index in [2.05, 4.69) is 21.2 Å². The van der Waals surface area contributed by atoms with Crippen molar-refractivity contribution in [1.82, 2.24) is 0 Å². The van der Waals surface area contributed by atoms with Crippen molar-refractivity contribution in [2.75, 3.05) is 5.32 Å². The van der Waals surface area contributed by atoms with Gasteiger partial charge in [-0.25, -0.2) is 0 Å². The third kappa shape index (κ3) is 1.97. The molecule has 0 saturated heterocycles. The Morgan fingerprint density at radius 1 is 1.08 bits per heavy atom. The van der Waals surface area contributed by atoms with Crippen molar-refractivity contribution in [2.45, 2.75) is 5.60 Å². The summed E-state index contributed by atoms with van der Waals surface area (Å²) in [6, 6.07) is 18.4. The van der Waals surface area contributed by atoms with Crippen LogP contribution in [0.3, 0.4) is 0 Å². The lowest BCUT2D eigenvalue weighted by molar-refractivity contribution is -0.129. The number of nitriles is 1. The summed E-state index contributed by atoms with van der Waals surface area (Å²) in [6.45, 7) is 0. The number of rotatable bonds is 1. The Bertz CT molecular complexity index is 1050. The van der Waals surface area contributed by atoms with Crippen molar-refractivity contribution in [3.05, 3.63) is 75.8 Å². The first kappa shape index (κ1) is 14.9. The second-order valence-electron chi connectivity index (χ2n) is 5.72. The number of amides is 1. The van der Waals surface area contributed by atoms with Gasteiger partial charge in [0.05, 0.1) is 17.3 Å². The largest absolute Gasteiger partial charge is 0.372 e. The summed E-state index contributed by atoms with van der Waals surface area (Å²) >= 11 is 3.39. The fourth-order valence-corrected chi connectivity index (χ4v) is 3.90. The van der Waals surface area contributed by atoms with Gasteiger partial charge in [0.25, 0.3) is 5.91 Å². The molecule has 1 aliphatic rings. The highest BCUT2D eigenvalue weighted by atomic mass is 79.9. The van der Waals surface area contributed by atoms with Gasteiger partial charge in [0.15, 0.2) is 5.60 Å². The first-order chi connectivity index (χ1) is 11.5. The van der Waals surface area contributed by atoms with Crippen LogP contribution < -0.4 is 5.32 Å². The fourth-order valence-electron chi connectivity index (χ4n) is 3.15. The maximum absolute atomic E-state index is 12.6. The predicted octanol–water partition coefficient (Wildman–Crippen LogP) is 3.66. The second-order valence-corrected chi connectivity index (χ2v) is 6.57. The monoisotopic (exact) mass is 378 g/mol. The summed E-state index contributed by atoms with van der Waals surface area (Å²) in [4.78, 5) is 12.6. The van der Waals surface area contributed by atoms with E-state index in [1.165, 1.54) is 0 Å². The predicted molar refractivity (Wildman–Crippen MR) is 94.4 cm³/mol. The van der Waals surface area contributed by atoms with Gasteiger partial charge in [-0.1, -0.05) is 52.3 Å². The van der Waals surface area contributed by atoms with Crippen LogP contribution >= 0.6 is 15.9 Å². The van der Waals surface area contributed by atoms with Gasteiger partial charge in [-0.2, -0.15) is 5.26 Å². The van der Waals surface area contributed by atoms with Crippen LogP contribution in [0, 0.1) is 11.3 Å². The molecule has 0 saturated carbocycles. The molecule has 4 rings (SSSR count). The minimum Gasteiger partial charge on any atom is -0.372 e. The van der Waals surface area contributed by atoms with Crippen LogP contribution in [0.5, 0.6) is 0 Å². The molecule has 2 N–H and O–H groups in total. The molecule has 4 nitrogen and oxygen atoms in total. The van der Waals surface area contributed by atoms with E-state index < -0.39 is 11.5 Å². The Labute approximate surface area is 146 Å². The molecule has 24 heavy (non-hydrogen) atoms. The van der Waals surface area contributed by atoms with Crippen LogP contribution in [0.25, 0.3) is 10.8 Å². The smallest absolute Gasteiger partial charge is 0.265 e. The fraction of sp³-hybridized carbons (Fsp3) is 0.0526. The van der Waals surface area contributed by atoms with E-state index in [0.29, 0.717) is 26.9 Å². The number of hydrogen-bond acceptors (Lipinski definition) is 3.